The first kappa shape index (κ1) is 16.1. The van der Waals surface area contributed by atoms with Crippen LogP contribution in [0.15, 0.2) is 34.0 Å². The molecule has 1 amide bonds. The molecule has 3 heterocycles. The third-order valence-corrected chi connectivity index (χ3v) is 6.02. The van der Waals surface area contributed by atoms with Crippen LogP contribution >= 0.6 is 0 Å². The molecule has 0 spiro atoms. The van der Waals surface area contributed by atoms with Gasteiger partial charge in [0.05, 0.1) is 16.7 Å². The monoisotopic (exact) mass is 360 g/mol. The van der Waals surface area contributed by atoms with Crippen molar-refractivity contribution in [3.8, 4) is 0 Å². The van der Waals surface area contributed by atoms with Gasteiger partial charge in [0.15, 0.2) is 0 Å². The molecule has 4 rings (SSSR count). The number of H-pyrrole nitrogens is 2. The lowest BCUT2D eigenvalue weighted by Crippen LogP contribution is -2.49. The number of nitrogens with zero attached hydrogens (tertiary/aromatic N) is 2. The zero-order valence-corrected chi connectivity index (χ0v) is 14.6. The summed E-state index contributed by atoms with van der Waals surface area (Å²) in [6.07, 6.45) is 1.53. The third kappa shape index (κ3) is 3.13. The molecule has 0 radical (unpaired) electrons. The van der Waals surface area contributed by atoms with Gasteiger partial charge in [0, 0.05) is 53.7 Å². The van der Waals surface area contributed by atoms with Gasteiger partial charge in [-0.2, -0.15) is 0 Å². The number of carbonyl (C=O) groups excluding carboxylic acids is 1. The first-order valence-corrected chi connectivity index (χ1v) is 9.83. The van der Waals surface area contributed by atoms with E-state index in [-0.39, 0.29) is 11.6 Å². The number of amides is 1. The molecule has 1 fully saturated rings. The van der Waals surface area contributed by atoms with Crippen molar-refractivity contribution in [3.63, 3.8) is 0 Å². The Morgan fingerprint density at radius 3 is 2.68 bits per heavy atom. The molecule has 7 nitrogen and oxygen atoms in total. The van der Waals surface area contributed by atoms with Crippen LogP contribution in [0.25, 0.3) is 11.0 Å². The standard InChI is InChI=1S/C17H20N4O3S/c22-16(12-3-2-10-25(24)11-12)21-8-6-20(7-9-21)14-5-1-4-13-15(14)19-17(23)18-13/h1,4-5,11H,2-3,6-10H2,(H2,18,19,23). The Morgan fingerprint density at radius 1 is 1.12 bits per heavy atom. The molecule has 1 aromatic carbocycles. The van der Waals surface area contributed by atoms with Gasteiger partial charge >= 0.3 is 5.69 Å². The third-order valence-electron chi connectivity index (χ3n) is 4.78. The van der Waals surface area contributed by atoms with E-state index >= 15 is 0 Å². The van der Waals surface area contributed by atoms with Gasteiger partial charge in [-0.3, -0.25) is 9.00 Å². The first-order chi connectivity index (χ1) is 12.1. The summed E-state index contributed by atoms with van der Waals surface area (Å²) in [5.41, 5.74) is 3.04. The number of anilines is 1. The number of imidazole rings is 1. The molecule has 1 aromatic heterocycles. The topological polar surface area (TPSA) is 89.3 Å². The molecule has 1 saturated heterocycles. The minimum Gasteiger partial charge on any atom is -0.366 e. The SMILES string of the molecule is O=C(C1=CS(=O)CCC1)N1CCN(c2cccc3[nH]c(=O)[nH]c23)CC1. The van der Waals surface area contributed by atoms with Crippen LogP contribution in [0.5, 0.6) is 0 Å². The van der Waals surface area contributed by atoms with Gasteiger partial charge in [-0.05, 0) is 25.0 Å². The maximum Gasteiger partial charge on any atom is 0.323 e. The predicted octanol–water partition coefficient (Wildman–Crippen LogP) is 0.931. The van der Waals surface area contributed by atoms with Gasteiger partial charge in [-0.25, -0.2) is 4.79 Å². The summed E-state index contributed by atoms with van der Waals surface area (Å²) >= 11 is 0. The molecule has 2 aromatic rings. The number of carbonyl (C=O) groups is 1. The Bertz CT molecular complexity index is 921. The quantitative estimate of drug-likeness (QED) is 0.834. The molecular weight excluding hydrogens is 340 g/mol. The lowest BCUT2D eigenvalue weighted by atomic mass is 10.1. The van der Waals surface area contributed by atoms with Crippen molar-refractivity contribution in [2.75, 3.05) is 36.8 Å². The highest BCUT2D eigenvalue weighted by Crippen LogP contribution is 2.25. The second kappa shape index (κ2) is 6.51. The number of hydrogen-bond acceptors (Lipinski definition) is 4. The Kier molecular flexibility index (Phi) is 4.20. The zero-order valence-electron chi connectivity index (χ0n) is 13.8. The summed E-state index contributed by atoms with van der Waals surface area (Å²) in [7, 11) is -1.00. The van der Waals surface area contributed by atoms with E-state index in [0.717, 1.165) is 23.1 Å². The summed E-state index contributed by atoms with van der Waals surface area (Å²) in [4.78, 5) is 33.8. The van der Waals surface area contributed by atoms with E-state index < -0.39 is 10.8 Å². The van der Waals surface area contributed by atoms with Crippen LogP contribution in [0.1, 0.15) is 12.8 Å². The second-order valence-corrected chi connectivity index (χ2v) is 7.80. The number of fused-ring (bicyclic) bond motifs is 1. The molecule has 0 aliphatic carbocycles. The number of piperazine rings is 1. The average molecular weight is 360 g/mol. The van der Waals surface area contributed by atoms with Crippen LogP contribution < -0.4 is 10.6 Å². The molecule has 25 heavy (non-hydrogen) atoms. The Hall–Kier alpha value is -2.35. The Morgan fingerprint density at radius 2 is 1.92 bits per heavy atom. The molecule has 1 atom stereocenters. The second-order valence-electron chi connectivity index (χ2n) is 6.39. The molecule has 0 bridgehead atoms. The highest BCUT2D eigenvalue weighted by molar-refractivity contribution is 7.88. The van der Waals surface area contributed by atoms with Crippen molar-refractivity contribution >= 4 is 33.4 Å². The van der Waals surface area contributed by atoms with Gasteiger partial charge < -0.3 is 19.8 Å². The number of hydrogen-bond donors (Lipinski definition) is 2. The molecule has 2 aliphatic rings. The molecule has 1 unspecified atom stereocenters. The number of aromatic nitrogens is 2. The van der Waals surface area contributed by atoms with E-state index in [1.165, 1.54) is 0 Å². The minimum atomic E-state index is -1.00. The average Bonchev–Trinajstić information content (AvgIpc) is 3.01. The molecule has 2 aliphatic heterocycles. The van der Waals surface area contributed by atoms with Gasteiger partial charge in [0.25, 0.3) is 5.91 Å². The number of benzene rings is 1. The van der Waals surface area contributed by atoms with Gasteiger partial charge in [0.1, 0.15) is 0 Å². The van der Waals surface area contributed by atoms with Crippen molar-refractivity contribution in [2.45, 2.75) is 12.8 Å². The lowest BCUT2D eigenvalue weighted by molar-refractivity contribution is -0.127. The minimum absolute atomic E-state index is 0.0148. The van der Waals surface area contributed by atoms with E-state index in [1.54, 1.807) is 5.41 Å². The molecule has 2 N–H and O–H groups in total. The van der Waals surface area contributed by atoms with Gasteiger partial charge in [-0.1, -0.05) is 6.07 Å². The van der Waals surface area contributed by atoms with Crippen LogP contribution in [-0.2, 0) is 15.6 Å². The van der Waals surface area contributed by atoms with E-state index in [2.05, 4.69) is 14.9 Å². The van der Waals surface area contributed by atoms with Crippen LogP contribution in [0.4, 0.5) is 5.69 Å². The van der Waals surface area contributed by atoms with Crippen molar-refractivity contribution in [1.29, 1.82) is 0 Å². The highest BCUT2D eigenvalue weighted by atomic mass is 32.2. The normalized spacial score (nSPS) is 21.4. The summed E-state index contributed by atoms with van der Waals surface area (Å²) in [5.74, 6) is 0.671. The summed E-state index contributed by atoms with van der Waals surface area (Å²) in [5, 5.41) is 1.63. The summed E-state index contributed by atoms with van der Waals surface area (Å²) in [6, 6.07) is 5.77. The van der Waals surface area contributed by atoms with Crippen molar-refractivity contribution in [3.05, 3.63) is 39.7 Å². The van der Waals surface area contributed by atoms with Crippen LogP contribution in [-0.4, -0.2) is 56.9 Å². The van der Waals surface area contributed by atoms with Crippen molar-refractivity contribution in [2.24, 2.45) is 0 Å². The highest BCUT2D eigenvalue weighted by Gasteiger charge is 2.26. The molecule has 8 heteroatoms. The largest absolute Gasteiger partial charge is 0.366 e. The predicted molar refractivity (Wildman–Crippen MR) is 98.0 cm³/mol. The van der Waals surface area contributed by atoms with Crippen molar-refractivity contribution < 1.29 is 9.00 Å². The number of rotatable bonds is 2. The maximum atomic E-state index is 12.6. The fourth-order valence-corrected chi connectivity index (χ4v) is 4.58. The number of para-hydroxylation sites is 1. The van der Waals surface area contributed by atoms with Crippen LogP contribution in [0.2, 0.25) is 0 Å². The van der Waals surface area contributed by atoms with Crippen molar-refractivity contribution in [1.82, 2.24) is 14.9 Å². The summed E-state index contributed by atoms with van der Waals surface area (Å²) < 4.78 is 11.6. The zero-order chi connectivity index (χ0) is 17.4. The van der Waals surface area contributed by atoms with Gasteiger partial charge in [0.2, 0.25) is 0 Å². The fourth-order valence-electron chi connectivity index (χ4n) is 3.50. The molecule has 0 saturated carbocycles. The van der Waals surface area contributed by atoms with Crippen LogP contribution in [0, 0.1) is 0 Å². The summed E-state index contributed by atoms with van der Waals surface area (Å²) in [6.45, 7) is 2.64. The lowest BCUT2D eigenvalue weighted by Gasteiger charge is -2.36. The smallest absolute Gasteiger partial charge is 0.323 e. The first-order valence-electron chi connectivity index (χ1n) is 8.45. The Balaban J connectivity index is 1.48. The Labute approximate surface area is 147 Å². The fraction of sp³-hybridized carbons (Fsp3) is 0.412. The molecule has 132 valence electrons. The molecular formula is C17H20N4O3S. The number of aromatic amines is 2. The van der Waals surface area contributed by atoms with E-state index in [0.29, 0.717) is 43.9 Å². The van der Waals surface area contributed by atoms with E-state index in [4.69, 9.17) is 0 Å². The van der Waals surface area contributed by atoms with Gasteiger partial charge in [-0.15, -0.1) is 0 Å². The maximum absolute atomic E-state index is 12.6. The van der Waals surface area contributed by atoms with Crippen LogP contribution in [0.3, 0.4) is 0 Å². The van der Waals surface area contributed by atoms with E-state index in [1.807, 2.05) is 23.1 Å². The number of nitrogens with one attached hydrogen (secondary N) is 2. The van der Waals surface area contributed by atoms with E-state index in [9.17, 15) is 13.8 Å².